The average molecular weight is 429 g/mol. The third-order valence-electron chi connectivity index (χ3n) is 6.00. The molecule has 0 bridgehead atoms. The van der Waals surface area contributed by atoms with Gasteiger partial charge in [-0.15, -0.1) is 0 Å². The van der Waals surface area contributed by atoms with E-state index in [1.165, 1.54) is 0 Å². The van der Waals surface area contributed by atoms with Gasteiger partial charge >= 0.3 is 0 Å². The number of anilines is 2. The molecule has 0 aromatic carbocycles. The third kappa shape index (κ3) is 4.01. The van der Waals surface area contributed by atoms with Crippen LogP contribution in [0, 0.1) is 13.8 Å². The fraction of sp³-hybridized carbons (Fsp3) is 0.333. The molecule has 5 rings (SSSR count). The molecule has 5 heterocycles. The summed E-state index contributed by atoms with van der Waals surface area (Å²) < 4.78 is 2.12. The van der Waals surface area contributed by atoms with Crippen molar-refractivity contribution >= 4 is 17.3 Å². The van der Waals surface area contributed by atoms with Gasteiger partial charge in [0.05, 0.1) is 11.9 Å². The van der Waals surface area contributed by atoms with Gasteiger partial charge in [0.1, 0.15) is 5.82 Å². The Hall–Kier alpha value is -3.52. The van der Waals surface area contributed by atoms with E-state index in [1.54, 1.807) is 0 Å². The lowest BCUT2D eigenvalue weighted by Crippen LogP contribution is -2.44. The Morgan fingerprint density at radius 3 is 2.56 bits per heavy atom. The zero-order valence-corrected chi connectivity index (χ0v) is 18.8. The summed E-state index contributed by atoms with van der Waals surface area (Å²) in [5, 5.41) is 3.45. The van der Waals surface area contributed by atoms with E-state index in [0.29, 0.717) is 6.54 Å². The molecular weight excluding hydrogens is 400 g/mol. The second-order valence-corrected chi connectivity index (χ2v) is 8.42. The van der Waals surface area contributed by atoms with Gasteiger partial charge in [-0.25, -0.2) is 9.97 Å². The van der Waals surface area contributed by atoms with E-state index in [0.717, 1.165) is 71.5 Å². The predicted molar refractivity (Wildman–Crippen MR) is 127 cm³/mol. The molecule has 164 valence electrons. The number of aryl methyl sites for hydroxylation is 2. The number of likely N-dealkylation sites (N-methyl/N-ethyl adjacent to an activating group) is 1. The highest BCUT2D eigenvalue weighted by atomic mass is 15.3. The van der Waals surface area contributed by atoms with Crippen LogP contribution in [0.4, 0.5) is 11.6 Å². The van der Waals surface area contributed by atoms with E-state index in [2.05, 4.69) is 60.6 Å². The van der Waals surface area contributed by atoms with Gasteiger partial charge in [0.25, 0.3) is 0 Å². The van der Waals surface area contributed by atoms with Crippen molar-refractivity contribution in [2.75, 3.05) is 43.4 Å². The van der Waals surface area contributed by atoms with Crippen LogP contribution in [0.1, 0.15) is 16.8 Å². The Bertz CT molecular complexity index is 1240. The van der Waals surface area contributed by atoms with Crippen molar-refractivity contribution in [3.63, 3.8) is 0 Å². The van der Waals surface area contributed by atoms with Gasteiger partial charge in [0.15, 0.2) is 11.5 Å². The number of nitrogens with zero attached hydrogens (tertiary/aromatic N) is 7. The van der Waals surface area contributed by atoms with Crippen LogP contribution in [0.3, 0.4) is 0 Å². The van der Waals surface area contributed by atoms with Crippen molar-refractivity contribution in [3.05, 3.63) is 66.0 Å². The van der Waals surface area contributed by atoms with Crippen LogP contribution in [-0.4, -0.2) is 62.5 Å². The molecule has 4 aromatic heterocycles. The first kappa shape index (κ1) is 20.4. The quantitative estimate of drug-likeness (QED) is 0.523. The number of nitrogens with one attached hydrogen (secondary N) is 1. The molecule has 0 unspecified atom stereocenters. The molecule has 8 heteroatoms. The van der Waals surface area contributed by atoms with Gasteiger partial charge in [0, 0.05) is 68.8 Å². The smallest absolute Gasteiger partial charge is 0.181 e. The van der Waals surface area contributed by atoms with Crippen LogP contribution in [0.5, 0.6) is 0 Å². The normalized spacial score (nSPS) is 14.8. The lowest BCUT2D eigenvalue weighted by Gasteiger charge is -2.33. The van der Waals surface area contributed by atoms with Crippen molar-refractivity contribution < 1.29 is 0 Å². The lowest BCUT2D eigenvalue weighted by molar-refractivity contribution is 0.312. The minimum absolute atomic E-state index is 0.632. The van der Waals surface area contributed by atoms with Gasteiger partial charge in [-0.1, -0.05) is 6.07 Å². The maximum atomic E-state index is 4.72. The molecule has 0 aliphatic carbocycles. The van der Waals surface area contributed by atoms with E-state index >= 15 is 0 Å². The number of piperazine rings is 1. The summed E-state index contributed by atoms with van der Waals surface area (Å²) in [4.78, 5) is 22.9. The number of imidazole rings is 1. The largest absolute Gasteiger partial charge is 0.363 e. The number of aromatic nitrogens is 5. The van der Waals surface area contributed by atoms with Crippen LogP contribution < -0.4 is 10.2 Å². The summed E-state index contributed by atoms with van der Waals surface area (Å²) in [6, 6.07) is 6.24. The Morgan fingerprint density at radius 2 is 1.78 bits per heavy atom. The molecule has 0 spiro atoms. The van der Waals surface area contributed by atoms with E-state index < -0.39 is 0 Å². The first-order valence-corrected chi connectivity index (χ1v) is 11.0. The van der Waals surface area contributed by atoms with Crippen molar-refractivity contribution in [3.8, 4) is 11.3 Å². The standard InChI is InChI=1S/C24H28N8/c1-17-12-19(14-27-22(17)20-4-5-25-18(2)13-20)15-28-23-24-29-16-21(32(24)7-6-26-23)31-10-8-30(3)9-11-31/h4-7,12-14,16H,8-11,15H2,1-3H3,(H,26,28). The van der Waals surface area contributed by atoms with Gasteiger partial charge in [-0.05, 0) is 44.2 Å². The Balaban J connectivity index is 1.34. The van der Waals surface area contributed by atoms with Crippen molar-refractivity contribution in [2.24, 2.45) is 0 Å². The van der Waals surface area contributed by atoms with Gasteiger partial charge in [-0.2, -0.15) is 0 Å². The molecular formula is C24H28N8. The van der Waals surface area contributed by atoms with E-state index in [9.17, 15) is 0 Å². The molecule has 8 nitrogen and oxygen atoms in total. The molecule has 1 aliphatic rings. The minimum atomic E-state index is 0.632. The lowest BCUT2D eigenvalue weighted by atomic mass is 10.1. The topological polar surface area (TPSA) is 74.5 Å². The van der Waals surface area contributed by atoms with Gasteiger partial charge < -0.3 is 15.1 Å². The predicted octanol–water partition coefficient (Wildman–Crippen LogP) is 3.17. The Morgan fingerprint density at radius 1 is 0.938 bits per heavy atom. The highest BCUT2D eigenvalue weighted by Gasteiger charge is 2.18. The molecule has 0 radical (unpaired) electrons. The van der Waals surface area contributed by atoms with Gasteiger partial charge in [-0.3, -0.25) is 14.4 Å². The van der Waals surface area contributed by atoms with Crippen LogP contribution >= 0.6 is 0 Å². The highest BCUT2D eigenvalue weighted by Crippen LogP contribution is 2.24. The zero-order valence-electron chi connectivity index (χ0n) is 18.8. The van der Waals surface area contributed by atoms with Crippen LogP contribution in [-0.2, 0) is 6.54 Å². The molecule has 1 aliphatic heterocycles. The summed E-state index contributed by atoms with van der Waals surface area (Å²) in [5.41, 5.74) is 6.16. The monoisotopic (exact) mass is 428 g/mol. The van der Waals surface area contributed by atoms with E-state index in [-0.39, 0.29) is 0 Å². The maximum absolute atomic E-state index is 4.72. The van der Waals surface area contributed by atoms with Crippen molar-refractivity contribution in [1.29, 1.82) is 0 Å². The minimum Gasteiger partial charge on any atom is -0.363 e. The third-order valence-corrected chi connectivity index (χ3v) is 6.00. The molecule has 1 saturated heterocycles. The fourth-order valence-corrected chi connectivity index (χ4v) is 4.21. The SMILES string of the molecule is Cc1cc(-c2ncc(CNc3nccn4c(N5CCN(C)CC5)cnc34)cc2C)ccn1. The Kier molecular flexibility index (Phi) is 5.45. The molecule has 1 N–H and O–H groups in total. The second kappa shape index (κ2) is 8.55. The molecule has 32 heavy (non-hydrogen) atoms. The van der Waals surface area contributed by atoms with Crippen LogP contribution in [0.25, 0.3) is 16.9 Å². The molecule has 1 fully saturated rings. The number of pyridine rings is 2. The van der Waals surface area contributed by atoms with Crippen molar-refractivity contribution in [2.45, 2.75) is 20.4 Å². The highest BCUT2D eigenvalue weighted by molar-refractivity contribution is 5.67. The number of hydrogen-bond acceptors (Lipinski definition) is 7. The number of hydrogen-bond donors (Lipinski definition) is 1. The number of rotatable bonds is 5. The summed E-state index contributed by atoms with van der Waals surface area (Å²) in [5.74, 6) is 1.90. The Labute approximate surface area is 188 Å². The first-order valence-electron chi connectivity index (χ1n) is 11.0. The molecule has 0 amide bonds. The average Bonchev–Trinajstić information content (AvgIpc) is 3.23. The summed E-state index contributed by atoms with van der Waals surface area (Å²) in [7, 11) is 2.17. The van der Waals surface area contributed by atoms with Gasteiger partial charge in [0.2, 0.25) is 0 Å². The fourth-order valence-electron chi connectivity index (χ4n) is 4.21. The van der Waals surface area contributed by atoms with Crippen LogP contribution in [0.2, 0.25) is 0 Å². The zero-order chi connectivity index (χ0) is 22.1. The van der Waals surface area contributed by atoms with Crippen molar-refractivity contribution in [1.82, 2.24) is 29.2 Å². The first-order chi connectivity index (χ1) is 15.6. The van der Waals surface area contributed by atoms with E-state index in [1.807, 2.05) is 44.0 Å². The summed E-state index contributed by atoms with van der Waals surface area (Å²) >= 11 is 0. The van der Waals surface area contributed by atoms with Crippen LogP contribution in [0.15, 0.2) is 49.2 Å². The molecule has 0 atom stereocenters. The summed E-state index contributed by atoms with van der Waals surface area (Å²) in [6.45, 7) is 8.85. The maximum Gasteiger partial charge on any atom is 0.181 e. The second-order valence-electron chi connectivity index (χ2n) is 8.42. The summed E-state index contributed by atoms with van der Waals surface area (Å²) in [6.07, 6.45) is 9.51. The van der Waals surface area contributed by atoms with E-state index in [4.69, 9.17) is 4.98 Å². The molecule has 4 aromatic rings. The molecule has 0 saturated carbocycles. The number of fused-ring (bicyclic) bond motifs is 1.